The van der Waals surface area contributed by atoms with E-state index in [1.807, 2.05) is 12.4 Å². The molecule has 1 aliphatic rings. The van der Waals surface area contributed by atoms with Crippen molar-refractivity contribution in [2.75, 3.05) is 33.2 Å². The summed E-state index contributed by atoms with van der Waals surface area (Å²) in [7, 11) is 2.19. The van der Waals surface area contributed by atoms with E-state index < -0.39 is 0 Å². The average molecular weight is 248 g/mol. The summed E-state index contributed by atoms with van der Waals surface area (Å²) in [5.41, 5.74) is 7.49. The van der Waals surface area contributed by atoms with Crippen molar-refractivity contribution in [1.29, 1.82) is 0 Å². The Labute approximate surface area is 110 Å². The summed E-state index contributed by atoms with van der Waals surface area (Å²) in [4.78, 5) is 9.01. The van der Waals surface area contributed by atoms with E-state index in [2.05, 4.69) is 40.9 Å². The Bertz CT molecular complexity index is 352. The molecule has 4 nitrogen and oxygen atoms in total. The van der Waals surface area contributed by atoms with Crippen LogP contribution in [0, 0.1) is 0 Å². The molecule has 1 aromatic heterocycles. The second kappa shape index (κ2) is 6.27. The number of aromatic nitrogens is 1. The van der Waals surface area contributed by atoms with E-state index in [4.69, 9.17) is 5.73 Å². The van der Waals surface area contributed by atoms with Crippen LogP contribution >= 0.6 is 0 Å². The summed E-state index contributed by atoms with van der Waals surface area (Å²) >= 11 is 0. The van der Waals surface area contributed by atoms with Gasteiger partial charge in [0.25, 0.3) is 0 Å². The van der Waals surface area contributed by atoms with E-state index >= 15 is 0 Å². The number of nitrogens with two attached hydrogens (primary N) is 1. The molecule has 2 N–H and O–H groups in total. The maximum Gasteiger partial charge on any atom is 0.0498 e. The summed E-state index contributed by atoms with van der Waals surface area (Å²) in [6, 6.07) is 4.61. The van der Waals surface area contributed by atoms with Gasteiger partial charge in [-0.2, -0.15) is 0 Å². The maximum atomic E-state index is 6.21. The maximum absolute atomic E-state index is 6.21. The summed E-state index contributed by atoms with van der Waals surface area (Å²) in [6.45, 7) is 6.61. The molecule has 2 rings (SSSR count). The van der Waals surface area contributed by atoms with Crippen LogP contribution in [0.5, 0.6) is 0 Å². The Kier molecular flexibility index (Phi) is 4.69. The van der Waals surface area contributed by atoms with Crippen molar-refractivity contribution in [2.45, 2.75) is 25.4 Å². The first-order chi connectivity index (χ1) is 8.68. The largest absolute Gasteiger partial charge is 0.326 e. The fourth-order valence-electron chi connectivity index (χ4n) is 2.75. The SMILES string of the molecule is CC(N)C(c1ccncc1)N1CCCN(C)CC1. The number of likely N-dealkylation sites (N-methyl/N-ethyl adjacent to an activating group) is 1. The summed E-state index contributed by atoms with van der Waals surface area (Å²) in [5, 5.41) is 0. The number of rotatable bonds is 3. The van der Waals surface area contributed by atoms with Gasteiger partial charge in [-0.3, -0.25) is 9.88 Å². The second-order valence-electron chi connectivity index (χ2n) is 5.28. The Morgan fingerprint density at radius 3 is 2.56 bits per heavy atom. The Morgan fingerprint density at radius 2 is 1.89 bits per heavy atom. The molecule has 0 radical (unpaired) electrons. The third-order valence-electron chi connectivity index (χ3n) is 3.69. The third-order valence-corrected chi connectivity index (χ3v) is 3.69. The Hall–Kier alpha value is -0.970. The van der Waals surface area contributed by atoms with Crippen molar-refractivity contribution in [1.82, 2.24) is 14.8 Å². The summed E-state index contributed by atoms with van der Waals surface area (Å²) in [5.74, 6) is 0. The molecule has 0 saturated carbocycles. The van der Waals surface area contributed by atoms with Crippen LogP contribution in [0.3, 0.4) is 0 Å². The number of hydrogen-bond acceptors (Lipinski definition) is 4. The van der Waals surface area contributed by atoms with Crippen LogP contribution < -0.4 is 5.73 Å². The van der Waals surface area contributed by atoms with Crippen LogP contribution in [0.25, 0.3) is 0 Å². The normalized spacial score (nSPS) is 22.4. The van der Waals surface area contributed by atoms with Gasteiger partial charge in [-0.15, -0.1) is 0 Å². The quantitative estimate of drug-likeness (QED) is 0.870. The lowest BCUT2D eigenvalue weighted by atomic mass is 10.00. The Balaban J connectivity index is 2.15. The Morgan fingerprint density at radius 1 is 1.17 bits per heavy atom. The van der Waals surface area contributed by atoms with Gasteiger partial charge in [-0.05, 0) is 44.6 Å². The summed E-state index contributed by atoms with van der Waals surface area (Å²) < 4.78 is 0. The molecule has 0 spiro atoms. The molecule has 0 bridgehead atoms. The van der Waals surface area contributed by atoms with Gasteiger partial charge < -0.3 is 10.6 Å². The van der Waals surface area contributed by atoms with Gasteiger partial charge in [0.1, 0.15) is 0 Å². The number of hydrogen-bond donors (Lipinski definition) is 1. The highest BCUT2D eigenvalue weighted by molar-refractivity contribution is 5.17. The first kappa shape index (κ1) is 13.5. The van der Waals surface area contributed by atoms with Crippen molar-refractivity contribution in [2.24, 2.45) is 5.73 Å². The molecule has 1 aliphatic heterocycles. The molecule has 2 atom stereocenters. The van der Waals surface area contributed by atoms with Crippen molar-refractivity contribution < 1.29 is 0 Å². The van der Waals surface area contributed by atoms with Crippen molar-refractivity contribution >= 4 is 0 Å². The zero-order valence-corrected chi connectivity index (χ0v) is 11.4. The lowest BCUT2D eigenvalue weighted by Crippen LogP contribution is -2.41. The van der Waals surface area contributed by atoms with Gasteiger partial charge in [0.2, 0.25) is 0 Å². The highest BCUT2D eigenvalue weighted by Crippen LogP contribution is 2.24. The van der Waals surface area contributed by atoms with E-state index in [1.165, 1.54) is 18.5 Å². The molecule has 0 aromatic carbocycles. The van der Waals surface area contributed by atoms with E-state index in [0.717, 1.165) is 19.6 Å². The molecule has 0 aliphatic carbocycles. The van der Waals surface area contributed by atoms with E-state index in [0.29, 0.717) is 6.04 Å². The molecule has 2 unspecified atom stereocenters. The van der Waals surface area contributed by atoms with Crippen LogP contribution in [0.1, 0.15) is 24.9 Å². The average Bonchev–Trinajstić information content (AvgIpc) is 2.56. The zero-order valence-electron chi connectivity index (χ0n) is 11.4. The van der Waals surface area contributed by atoms with Crippen LogP contribution in [-0.4, -0.2) is 54.1 Å². The zero-order chi connectivity index (χ0) is 13.0. The predicted molar refractivity (Wildman–Crippen MR) is 74.3 cm³/mol. The number of nitrogens with zero attached hydrogens (tertiary/aromatic N) is 3. The molecule has 1 saturated heterocycles. The summed E-state index contributed by atoms with van der Waals surface area (Å²) in [6.07, 6.45) is 4.92. The molecule has 0 amide bonds. The fourth-order valence-corrected chi connectivity index (χ4v) is 2.75. The minimum atomic E-state index is 0.135. The molecular formula is C14H24N4. The van der Waals surface area contributed by atoms with Gasteiger partial charge in [0.15, 0.2) is 0 Å². The van der Waals surface area contributed by atoms with Gasteiger partial charge in [0.05, 0.1) is 0 Å². The predicted octanol–water partition coefficient (Wildman–Crippen LogP) is 1.11. The lowest BCUT2D eigenvalue weighted by molar-refractivity contribution is 0.182. The van der Waals surface area contributed by atoms with Crippen molar-refractivity contribution in [3.05, 3.63) is 30.1 Å². The molecule has 4 heteroatoms. The van der Waals surface area contributed by atoms with E-state index in [-0.39, 0.29) is 6.04 Å². The first-order valence-electron chi connectivity index (χ1n) is 6.76. The monoisotopic (exact) mass is 248 g/mol. The van der Waals surface area contributed by atoms with Gasteiger partial charge in [-0.25, -0.2) is 0 Å². The number of pyridine rings is 1. The first-order valence-corrected chi connectivity index (χ1v) is 6.76. The van der Waals surface area contributed by atoms with E-state index in [1.54, 1.807) is 0 Å². The third kappa shape index (κ3) is 3.28. The van der Waals surface area contributed by atoms with Crippen LogP contribution in [0.4, 0.5) is 0 Å². The van der Waals surface area contributed by atoms with Crippen molar-refractivity contribution in [3.8, 4) is 0 Å². The molecular weight excluding hydrogens is 224 g/mol. The minimum absolute atomic E-state index is 0.135. The molecule has 2 heterocycles. The standard InChI is InChI=1S/C14H24N4/c1-12(15)14(13-4-6-16-7-5-13)18-9-3-8-17(2)10-11-18/h4-7,12,14H,3,8-11,15H2,1-2H3. The second-order valence-corrected chi connectivity index (χ2v) is 5.28. The van der Waals surface area contributed by atoms with E-state index in [9.17, 15) is 0 Å². The molecule has 100 valence electrons. The highest BCUT2D eigenvalue weighted by atomic mass is 15.2. The molecule has 1 aromatic rings. The van der Waals surface area contributed by atoms with Crippen LogP contribution in [0.2, 0.25) is 0 Å². The topological polar surface area (TPSA) is 45.4 Å². The molecule has 18 heavy (non-hydrogen) atoms. The van der Waals surface area contributed by atoms with Gasteiger partial charge >= 0.3 is 0 Å². The highest BCUT2D eigenvalue weighted by Gasteiger charge is 2.25. The fraction of sp³-hybridized carbons (Fsp3) is 0.643. The smallest absolute Gasteiger partial charge is 0.0498 e. The molecule has 1 fully saturated rings. The van der Waals surface area contributed by atoms with Crippen LogP contribution in [-0.2, 0) is 0 Å². The van der Waals surface area contributed by atoms with Crippen LogP contribution in [0.15, 0.2) is 24.5 Å². The minimum Gasteiger partial charge on any atom is -0.326 e. The van der Waals surface area contributed by atoms with Gasteiger partial charge in [-0.1, -0.05) is 0 Å². The van der Waals surface area contributed by atoms with Crippen molar-refractivity contribution in [3.63, 3.8) is 0 Å². The van der Waals surface area contributed by atoms with Gasteiger partial charge in [0, 0.05) is 44.1 Å². The lowest BCUT2D eigenvalue weighted by Gasteiger charge is -2.33.